The van der Waals surface area contributed by atoms with Crippen molar-refractivity contribution in [2.75, 3.05) is 6.54 Å². The summed E-state index contributed by atoms with van der Waals surface area (Å²) in [6.45, 7) is 5.66. The molecule has 12 heteroatoms. The van der Waals surface area contributed by atoms with Gasteiger partial charge in [0, 0.05) is 23.9 Å². The molecule has 4 aliphatic rings. The number of primary amides is 1. The zero-order valence-electron chi connectivity index (χ0n) is 24.1. The zero-order valence-corrected chi connectivity index (χ0v) is 25.6. The molecular formula is C30H39Cl2N5O5. The standard InChI is InChI=1S/C30H39Cl2N5O5/c1-29(2,3)36-28(42)35-22(18-12-16-9-4-5-10-17(16)13-18)27(41)37-14-19-21(30(19,31)32)23(37)26(40)34-20(24(38)25(33)39)11-15-7-6-8-15/h4-5,9-10,15,18-23H,6-8,11-14H2,1-3H3,(H2,33,39)(H,34,40)(H2,35,36,42)/t19-,20?,21-,22-,23-/m0/s1. The molecule has 10 nitrogen and oxygen atoms in total. The Hall–Kier alpha value is -2.85. The maximum atomic E-state index is 14.3. The molecule has 1 aromatic carbocycles. The van der Waals surface area contributed by atoms with Gasteiger partial charge in [0.15, 0.2) is 0 Å². The van der Waals surface area contributed by atoms with E-state index in [1.54, 1.807) is 0 Å². The summed E-state index contributed by atoms with van der Waals surface area (Å²) in [5.74, 6) is -3.94. The van der Waals surface area contributed by atoms with Crippen LogP contribution < -0.4 is 21.7 Å². The van der Waals surface area contributed by atoms with Crippen LogP contribution in [0.15, 0.2) is 24.3 Å². The van der Waals surface area contributed by atoms with E-state index < -0.39 is 63.5 Å². The third-order valence-electron chi connectivity index (χ3n) is 9.15. The lowest BCUT2D eigenvalue weighted by atomic mass is 9.80. The smallest absolute Gasteiger partial charge is 0.315 e. The second-order valence-electron chi connectivity index (χ2n) is 13.3. The Morgan fingerprint density at radius 1 is 1.05 bits per heavy atom. The molecule has 0 aromatic heterocycles. The highest BCUT2D eigenvalue weighted by molar-refractivity contribution is 6.51. The van der Waals surface area contributed by atoms with Gasteiger partial charge >= 0.3 is 6.03 Å². The third-order valence-corrected chi connectivity index (χ3v) is 10.2. The lowest BCUT2D eigenvalue weighted by Crippen LogP contribution is -2.61. The predicted octanol–water partition coefficient (Wildman–Crippen LogP) is 2.23. The number of carbonyl (C=O) groups excluding carboxylic acids is 5. The summed E-state index contributed by atoms with van der Waals surface area (Å²) >= 11 is 13.1. The number of halogens is 2. The van der Waals surface area contributed by atoms with E-state index in [4.69, 9.17) is 28.9 Å². The van der Waals surface area contributed by atoms with Gasteiger partial charge in [0.05, 0.1) is 6.04 Å². The van der Waals surface area contributed by atoms with Gasteiger partial charge in [-0.15, -0.1) is 23.2 Å². The van der Waals surface area contributed by atoms with E-state index in [9.17, 15) is 24.0 Å². The first-order chi connectivity index (χ1) is 19.7. The average molecular weight is 621 g/mol. The van der Waals surface area contributed by atoms with Crippen LogP contribution in [0.25, 0.3) is 0 Å². The number of nitrogens with one attached hydrogen (secondary N) is 3. The minimum atomic E-state index is -1.20. The number of ketones is 1. The van der Waals surface area contributed by atoms with Gasteiger partial charge in [0.25, 0.3) is 5.91 Å². The molecule has 5 rings (SSSR count). The summed E-state index contributed by atoms with van der Waals surface area (Å²) in [4.78, 5) is 67.0. The lowest BCUT2D eigenvalue weighted by molar-refractivity contribution is -0.143. The highest BCUT2D eigenvalue weighted by atomic mass is 35.5. The number of nitrogens with two attached hydrogens (primary N) is 1. The number of benzene rings is 1. The first kappa shape index (κ1) is 30.6. The molecule has 5 amide bonds. The largest absolute Gasteiger partial charge is 0.363 e. The van der Waals surface area contributed by atoms with Crippen LogP contribution in [0.3, 0.4) is 0 Å². The van der Waals surface area contributed by atoms with Crippen molar-refractivity contribution in [3.05, 3.63) is 35.4 Å². The van der Waals surface area contributed by atoms with Crippen molar-refractivity contribution in [1.29, 1.82) is 0 Å². The molecule has 1 aliphatic heterocycles. The van der Waals surface area contributed by atoms with E-state index in [-0.39, 0.29) is 24.3 Å². The molecule has 0 spiro atoms. The van der Waals surface area contributed by atoms with Gasteiger partial charge < -0.3 is 26.6 Å². The number of hydrogen-bond acceptors (Lipinski definition) is 5. The first-order valence-electron chi connectivity index (χ1n) is 14.6. The molecule has 1 unspecified atom stereocenters. The second kappa shape index (κ2) is 11.3. The summed E-state index contributed by atoms with van der Waals surface area (Å²) in [6.07, 6.45) is 4.30. The number of likely N-dealkylation sites (tertiary alicyclic amines) is 1. The fourth-order valence-electron chi connectivity index (χ4n) is 6.76. The number of urea groups is 1. The molecule has 2 saturated carbocycles. The van der Waals surface area contributed by atoms with Crippen molar-refractivity contribution in [2.24, 2.45) is 29.4 Å². The van der Waals surface area contributed by atoms with Crippen molar-refractivity contribution < 1.29 is 24.0 Å². The summed E-state index contributed by atoms with van der Waals surface area (Å²) in [7, 11) is 0. The summed E-state index contributed by atoms with van der Waals surface area (Å²) < 4.78 is -1.20. The van der Waals surface area contributed by atoms with Gasteiger partial charge in [-0.05, 0) is 63.0 Å². The quantitative estimate of drug-likeness (QED) is 0.247. The van der Waals surface area contributed by atoms with Gasteiger partial charge in [-0.3, -0.25) is 19.2 Å². The number of carbonyl (C=O) groups is 5. The van der Waals surface area contributed by atoms with Crippen molar-refractivity contribution in [1.82, 2.24) is 20.9 Å². The molecule has 1 aromatic rings. The van der Waals surface area contributed by atoms with Crippen LogP contribution in [0.1, 0.15) is 57.6 Å². The highest BCUT2D eigenvalue weighted by Gasteiger charge is 2.74. The Morgan fingerprint density at radius 2 is 1.67 bits per heavy atom. The van der Waals surface area contributed by atoms with Crippen LogP contribution in [-0.2, 0) is 32.0 Å². The van der Waals surface area contributed by atoms with Crippen LogP contribution >= 0.6 is 23.2 Å². The average Bonchev–Trinajstić information content (AvgIpc) is 3.25. The minimum absolute atomic E-state index is 0.129. The maximum Gasteiger partial charge on any atom is 0.315 e. The van der Waals surface area contributed by atoms with Crippen molar-refractivity contribution in [2.45, 2.75) is 87.3 Å². The van der Waals surface area contributed by atoms with Gasteiger partial charge in [0.1, 0.15) is 16.4 Å². The van der Waals surface area contributed by atoms with Gasteiger partial charge in [-0.1, -0.05) is 43.5 Å². The Morgan fingerprint density at radius 3 is 2.19 bits per heavy atom. The zero-order chi connectivity index (χ0) is 30.6. The molecule has 5 atom stereocenters. The molecule has 1 saturated heterocycles. The summed E-state index contributed by atoms with van der Waals surface area (Å²) in [5.41, 5.74) is 6.99. The first-order valence-corrected chi connectivity index (χ1v) is 15.4. The molecular weight excluding hydrogens is 581 g/mol. The topological polar surface area (TPSA) is 151 Å². The second-order valence-corrected chi connectivity index (χ2v) is 14.8. The number of fused-ring (bicyclic) bond motifs is 2. The van der Waals surface area contributed by atoms with Crippen LogP contribution in [0, 0.1) is 23.7 Å². The van der Waals surface area contributed by atoms with Gasteiger partial charge in [0.2, 0.25) is 17.6 Å². The molecule has 0 bridgehead atoms. The molecule has 228 valence electrons. The Kier molecular flexibility index (Phi) is 8.26. The number of Topliss-reactive ketones (excluding diaryl/α,β-unsaturated/α-hetero) is 1. The Bertz CT molecular complexity index is 1270. The van der Waals surface area contributed by atoms with Crippen LogP contribution in [0.2, 0.25) is 0 Å². The fourth-order valence-corrected chi connectivity index (χ4v) is 7.59. The van der Waals surface area contributed by atoms with E-state index >= 15 is 0 Å². The van der Waals surface area contributed by atoms with E-state index in [0.29, 0.717) is 19.3 Å². The summed E-state index contributed by atoms with van der Waals surface area (Å²) in [6, 6.07) is 4.35. The van der Waals surface area contributed by atoms with E-state index in [1.165, 1.54) is 4.90 Å². The number of alkyl halides is 2. The Balaban J connectivity index is 1.39. The maximum absolute atomic E-state index is 14.3. The molecule has 42 heavy (non-hydrogen) atoms. The Labute approximate surface area is 255 Å². The summed E-state index contributed by atoms with van der Waals surface area (Å²) in [5, 5.41) is 8.47. The molecule has 3 aliphatic carbocycles. The predicted molar refractivity (Wildman–Crippen MR) is 158 cm³/mol. The number of rotatable bonds is 9. The van der Waals surface area contributed by atoms with Crippen LogP contribution in [0.4, 0.5) is 4.79 Å². The number of nitrogens with zero attached hydrogens (tertiary/aromatic N) is 1. The lowest BCUT2D eigenvalue weighted by Gasteiger charge is -2.35. The van der Waals surface area contributed by atoms with E-state index in [1.807, 2.05) is 45.0 Å². The van der Waals surface area contributed by atoms with E-state index in [0.717, 1.165) is 30.4 Å². The normalized spacial score (nSPS) is 25.8. The van der Waals surface area contributed by atoms with Crippen LogP contribution in [-0.4, -0.2) is 69.0 Å². The molecule has 3 fully saturated rings. The SMILES string of the molecule is CC(C)(C)NC(=O)N[C@H](C(=O)N1C[C@H]2[C@@H]([C@H]1C(=O)NC(CC1CCC1)C(=O)C(N)=O)C2(Cl)Cl)C1Cc2ccccc2C1. The number of amides is 5. The molecule has 0 radical (unpaired) electrons. The van der Waals surface area contributed by atoms with Crippen molar-refractivity contribution >= 4 is 52.7 Å². The van der Waals surface area contributed by atoms with Crippen LogP contribution in [0.5, 0.6) is 0 Å². The molecule has 1 heterocycles. The monoisotopic (exact) mass is 619 g/mol. The fraction of sp³-hybridized carbons (Fsp3) is 0.633. The van der Waals surface area contributed by atoms with Gasteiger partial charge in [-0.2, -0.15) is 0 Å². The highest BCUT2D eigenvalue weighted by Crippen LogP contribution is 2.65. The molecule has 5 N–H and O–H groups in total. The minimum Gasteiger partial charge on any atom is -0.363 e. The number of piperidine rings is 1. The third kappa shape index (κ3) is 6.11. The van der Waals surface area contributed by atoms with Crippen molar-refractivity contribution in [3.8, 4) is 0 Å². The van der Waals surface area contributed by atoms with E-state index in [2.05, 4.69) is 16.0 Å². The van der Waals surface area contributed by atoms with Gasteiger partial charge in [-0.25, -0.2) is 4.79 Å². The number of hydrogen-bond donors (Lipinski definition) is 4. The van der Waals surface area contributed by atoms with Crippen molar-refractivity contribution in [3.63, 3.8) is 0 Å².